The lowest BCUT2D eigenvalue weighted by Crippen LogP contribution is -2.19. The zero-order valence-electron chi connectivity index (χ0n) is 6.00. The van der Waals surface area contributed by atoms with E-state index < -0.39 is 0 Å². The lowest BCUT2D eigenvalue weighted by molar-refractivity contribution is 0.449. The van der Waals surface area contributed by atoms with Crippen LogP contribution in [0.25, 0.3) is 0 Å². The molecular weight excluding hydrogens is 128 g/mol. The van der Waals surface area contributed by atoms with E-state index in [0.717, 1.165) is 11.5 Å². The van der Waals surface area contributed by atoms with Crippen LogP contribution in [0.2, 0.25) is 0 Å². The van der Waals surface area contributed by atoms with Crippen molar-refractivity contribution in [3.63, 3.8) is 0 Å². The molecule has 0 aliphatic heterocycles. The molecule has 1 heterocycles. The molecule has 0 aliphatic carbocycles. The maximum atomic E-state index is 5.59. The zero-order valence-corrected chi connectivity index (χ0v) is 6.00. The molecule has 10 heavy (non-hydrogen) atoms. The number of hydrogen-bond donors (Lipinski definition) is 2. The summed E-state index contributed by atoms with van der Waals surface area (Å²) in [5, 5.41) is 0. The van der Waals surface area contributed by atoms with Crippen molar-refractivity contribution < 1.29 is 4.42 Å². The quantitative estimate of drug-likeness (QED) is 0.630. The van der Waals surface area contributed by atoms with Crippen LogP contribution in [0, 0.1) is 6.92 Å². The van der Waals surface area contributed by atoms with Gasteiger partial charge >= 0.3 is 0 Å². The second-order valence-electron chi connectivity index (χ2n) is 2.29. The van der Waals surface area contributed by atoms with Crippen LogP contribution in [0.15, 0.2) is 16.5 Å². The third kappa shape index (κ3) is 1.37. The van der Waals surface area contributed by atoms with E-state index in [1.807, 2.05) is 19.1 Å². The highest BCUT2D eigenvalue weighted by molar-refractivity contribution is 5.09. The van der Waals surface area contributed by atoms with Gasteiger partial charge in [-0.05, 0) is 19.1 Å². The van der Waals surface area contributed by atoms with E-state index in [0.29, 0.717) is 6.54 Å². The summed E-state index contributed by atoms with van der Waals surface area (Å²) in [7, 11) is 0. The van der Waals surface area contributed by atoms with Crippen LogP contribution >= 0.6 is 0 Å². The van der Waals surface area contributed by atoms with Gasteiger partial charge in [0.2, 0.25) is 0 Å². The van der Waals surface area contributed by atoms with Crippen molar-refractivity contribution in [1.29, 1.82) is 0 Å². The second kappa shape index (κ2) is 2.86. The summed E-state index contributed by atoms with van der Waals surface area (Å²) >= 11 is 0. The average Bonchev–Trinajstić information content (AvgIpc) is 2.34. The van der Waals surface area contributed by atoms with Gasteiger partial charge in [0, 0.05) is 6.54 Å². The lowest BCUT2D eigenvalue weighted by atomic mass is 10.2. The summed E-state index contributed by atoms with van der Waals surface area (Å²) in [6.45, 7) is 2.31. The smallest absolute Gasteiger partial charge is 0.122 e. The SMILES string of the molecule is Cc1ccc(C(N)CN)o1. The lowest BCUT2D eigenvalue weighted by Gasteiger charge is -2.02. The fourth-order valence-corrected chi connectivity index (χ4v) is 0.769. The van der Waals surface area contributed by atoms with E-state index >= 15 is 0 Å². The summed E-state index contributed by atoms with van der Waals surface area (Å²) in [5.74, 6) is 1.64. The Morgan fingerprint density at radius 3 is 2.70 bits per heavy atom. The number of hydrogen-bond acceptors (Lipinski definition) is 3. The van der Waals surface area contributed by atoms with Gasteiger partial charge in [-0.2, -0.15) is 0 Å². The molecular formula is C7H12N2O. The van der Waals surface area contributed by atoms with Gasteiger partial charge in [0.1, 0.15) is 11.5 Å². The number of aryl methyl sites for hydroxylation is 1. The Balaban J connectivity index is 2.74. The summed E-state index contributed by atoms with van der Waals surface area (Å²) in [4.78, 5) is 0. The van der Waals surface area contributed by atoms with Gasteiger partial charge in [-0.25, -0.2) is 0 Å². The van der Waals surface area contributed by atoms with Crippen LogP contribution in [0.3, 0.4) is 0 Å². The molecule has 0 spiro atoms. The molecule has 3 nitrogen and oxygen atoms in total. The normalized spacial score (nSPS) is 13.5. The highest BCUT2D eigenvalue weighted by Gasteiger charge is 2.06. The molecule has 0 saturated carbocycles. The molecule has 0 fully saturated rings. The first-order valence-corrected chi connectivity index (χ1v) is 3.26. The maximum Gasteiger partial charge on any atom is 0.122 e. The molecule has 0 aliphatic rings. The first-order valence-electron chi connectivity index (χ1n) is 3.26. The molecule has 1 atom stereocenters. The molecule has 1 rings (SSSR count). The van der Waals surface area contributed by atoms with Crippen molar-refractivity contribution in [3.05, 3.63) is 23.7 Å². The van der Waals surface area contributed by atoms with E-state index in [1.54, 1.807) is 0 Å². The van der Waals surface area contributed by atoms with E-state index in [9.17, 15) is 0 Å². The Labute approximate surface area is 60.0 Å². The van der Waals surface area contributed by atoms with Gasteiger partial charge < -0.3 is 15.9 Å². The minimum Gasteiger partial charge on any atom is -0.465 e. The molecule has 3 heteroatoms. The van der Waals surface area contributed by atoms with E-state index in [2.05, 4.69) is 0 Å². The van der Waals surface area contributed by atoms with Crippen molar-refractivity contribution in [2.75, 3.05) is 6.54 Å². The summed E-state index contributed by atoms with van der Waals surface area (Å²) in [6, 6.07) is 3.58. The molecule has 56 valence electrons. The Hall–Kier alpha value is -0.800. The van der Waals surface area contributed by atoms with E-state index in [-0.39, 0.29) is 6.04 Å². The van der Waals surface area contributed by atoms with Crippen molar-refractivity contribution >= 4 is 0 Å². The van der Waals surface area contributed by atoms with Gasteiger partial charge in [-0.15, -0.1) is 0 Å². The largest absolute Gasteiger partial charge is 0.465 e. The van der Waals surface area contributed by atoms with Gasteiger partial charge in [-0.1, -0.05) is 0 Å². The molecule has 1 unspecified atom stereocenters. The number of nitrogens with two attached hydrogens (primary N) is 2. The third-order valence-corrected chi connectivity index (χ3v) is 1.38. The van der Waals surface area contributed by atoms with Crippen LogP contribution in [0.4, 0.5) is 0 Å². The van der Waals surface area contributed by atoms with Crippen LogP contribution in [0.1, 0.15) is 17.6 Å². The Morgan fingerprint density at radius 1 is 1.60 bits per heavy atom. The highest BCUT2D eigenvalue weighted by atomic mass is 16.3. The van der Waals surface area contributed by atoms with Crippen molar-refractivity contribution in [2.45, 2.75) is 13.0 Å². The maximum absolute atomic E-state index is 5.59. The van der Waals surface area contributed by atoms with Gasteiger partial charge in [0.15, 0.2) is 0 Å². The van der Waals surface area contributed by atoms with Gasteiger partial charge in [0.25, 0.3) is 0 Å². The molecule has 0 aromatic carbocycles. The van der Waals surface area contributed by atoms with Crippen LogP contribution in [-0.4, -0.2) is 6.54 Å². The molecule has 4 N–H and O–H groups in total. The topological polar surface area (TPSA) is 65.2 Å². The second-order valence-corrected chi connectivity index (χ2v) is 2.29. The van der Waals surface area contributed by atoms with E-state index in [4.69, 9.17) is 15.9 Å². The summed E-state index contributed by atoms with van der Waals surface area (Å²) < 4.78 is 5.23. The van der Waals surface area contributed by atoms with Gasteiger partial charge in [0.05, 0.1) is 6.04 Å². The molecule has 1 aromatic heterocycles. The average molecular weight is 140 g/mol. The number of furan rings is 1. The minimum absolute atomic E-state index is 0.159. The first-order chi connectivity index (χ1) is 4.74. The van der Waals surface area contributed by atoms with Crippen LogP contribution in [-0.2, 0) is 0 Å². The fourth-order valence-electron chi connectivity index (χ4n) is 0.769. The fraction of sp³-hybridized carbons (Fsp3) is 0.429. The third-order valence-electron chi connectivity index (χ3n) is 1.38. The van der Waals surface area contributed by atoms with Crippen molar-refractivity contribution in [2.24, 2.45) is 11.5 Å². The van der Waals surface area contributed by atoms with Crippen molar-refractivity contribution in [1.82, 2.24) is 0 Å². The standard InChI is InChI=1S/C7H12N2O/c1-5-2-3-7(10-5)6(9)4-8/h2-3,6H,4,8-9H2,1H3. The predicted molar refractivity (Wildman–Crippen MR) is 39.4 cm³/mol. The van der Waals surface area contributed by atoms with Crippen molar-refractivity contribution in [3.8, 4) is 0 Å². The Kier molecular flexibility index (Phi) is 2.09. The van der Waals surface area contributed by atoms with Crippen LogP contribution in [0.5, 0.6) is 0 Å². The molecule has 0 amide bonds. The van der Waals surface area contributed by atoms with Gasteiger partial charge in [-0.3, -0.25) is 0 Å². The number of rotatable bonds is 2. The van der Waals surface area contributed by atoms with Crippen LogP contribution < -0.4 is 11.5 Å². The predicted octanol–water partition coefficient (Wildman–Crippen LogP) is 0.547. The Bertz CT molecular complexity index is 207. The molecule has 1 aromatic rings. The molecule has 0 saturated heterocycles. The molecule has 0 radical (unpaired) electrons. The Morgan fingerprint density at radius 2 is 2.30 bits per heavy atom. The monoisotopic (exact) mass is 140 g/mol. The molecule has 0 bridgehead atoms. The zero-order chi connectivity index (χ0) is 7.56. The summed E-state index contributed by atoms with van der Waals surface area (Å²) in [6.07, 6.45) is 0. The highest BCUT2D eigenvalue weighted by Crippen LogP contribution is 2.12. The first kappa shape index (κ1) is 7.31. The summed E-state index contributed by atoms with van der Waals surface area (Å²) in [5.41, 5.74) is 10.9. The minimum atomic E-state index is -0.159. The van der Waals surface area contributed by atoms with E-state index in [1.165, 1.54) is 0 Å².